The molecule has 5 nitrogen and oxygen atoms in total. The van der Waals surface area contributed by atoms with Gasteiger partial charge in [0.05, 0.1) is 6.42 Å². The van der Waals surface area contributed by atoms with Gasteiger partial charge in [-0.05, 0) is 66.1 Å². The fourth-order valence-corrected chi connectivity index (χ4v) is 4.39. The van der Waals surface area contributed by atoms with Crippen molar-refractivity contribution in [2.75, 3.05) is 6.54 Å². The molecule has 0 bridgehead atoms. The molecule has 3 aromatic carbocycles. The predicted octanol–water partition coefficient (Wildman–Crippen LogP) is 5.53. The third-order valence-electron chi connectivity index (χ3n) is 5.89. The zero-order chi connectivity index (χ0) is 24.3. The number of nitrogens with zero attached hydrogens (tertiary/aromatic N) is 1. The number of ether oxygens (including phenoxy) is 1. The largest absolute Gasteiger partial charge is 0.487 e. The minimum Gasteiger partial charge on any atom is -0.487 e. The topological polar surface area (TPSA) is 66.8 Å². The van der Waals surface area contributed by atoms with Crippen LogP contribution in [0.5, 0.6) is 5.75 Å². The number of carboxylic acid groups (broad SMARTS) is 1. The lowest BCUT2D eigenvalue weighted by Crippen LogP contribution is -2.33. The molecule has 1 aliphatic heterocycles. The second kappa shape index (κ2) is 9.85. The van der Waals surface area contributed by atoms with Gasteiger partial charge in [-0.15, -0.1) is 0 Å². The van der Waals surface area contributed by atoms with Gasteiger partial charge in [-0.25, -0.2) is 4.39 Å². The van der Waals surface area contributed by atoms with Crippen LogP contribution in [0.4, 0.5) is 4.39 Å². The van der Waals surface area contributed by atoms with Crippen LogP contribution in [0.25, 0.3) is 0 Å². The third kappa shape index (κ3) is 5.75. The molecular weight excluding hydrogens is 457 g/mol. The molecule has 1 aliphatic rings. The minimum absolute atomic E-state index is 0.0899. The molecule has 34 heavy (non-hydrogen) atoms. The number of carboxylic acids is 1. The highest BCUT2D eigenvalue weighted by Crippen LogP contribution is 2.37. The normalized spacial score (nSPS) is 16.6. The van der Waals surface area contributed by atoms with Crippen LogP contribution in [0.1, 0.15) is 40.4 Å². The van der Waals surface area contributed by atoms with E-state index in [2.05, 4.69) is 0 Å². The Balaban J connectivity index is 1.51. The number of fused-ring (bicyclic) bond motifs is 1. The van der Waals surface area contributed by atoms with Crippen LogP contribution in [-0.4, -0.2) is 34.0 Å². The van der Waals surface area contributed by atoms with E-state index in [1.165, 1.54) is 17.0 Å². The maximum absolute atomic E-state index is 13.3. The average Bonchev–Trinajstić information content (AvgIpc) is 3.13. The lowest BCUT2D eigenvalue weighted by Gasteiger charge is -2.24. The predicted molar refractivity (Wildman–Crippen MR) is 128 cm³/mol. The first-order valence-corrected chi connectivity index (χ1v) is 11.4. The molecule has 1 atom stereocenters. The first-order valence-electron chi connectivity index (χ1n) is 11.0. The van der Waals surface area contributed by atoms with Gasteiger partial charge < -0.3 is 14.7 Å². The van der Waals surface area contributed by atoms with Gasteiger partial charge >= 0.3 is 5.97 Å². The summed E-state index contributed by atoms with van der Waals surface area (Å²) >= 11 is 5.96. The molecule has 1 N–H and O–H groups in total. The first-order chi connectivity index (χ1) is 16.2. The summed E-state index contributed by atoms with van der Waals surface area (Å²) in [7, 11) is 0. The smallest absolute Gasteiger partial charge is 0.305 e. The van der Waals surface area contributed by atoms with Gasteiger partial charge in [0, 0.05) is 36.5 Å². The van der Waals surface area contributed by atoms with Crippen molar-refractivity contribution in [3.63, 3.8) is 0 Å². The van der Waals surface area contributed by atoms with E-state index in [9.17, 15) is 14.0 Å². The molecule has 0 saturated carbocycles. The Morgan fingerprint density at radius 2 is 1.74 bits per heavy atom. The van der Waals surface area contributed by atoms with Gasteiger partial charge in [0.25, 0.3) is 5.91 Å². The Morgan fingerprint density at radius 3 is 2.41 bits per heavy atom. The maximum atomic E-state index is 13.3. The standard InChI is InChI=1S/C27H25ClFNO4/c1-27(15-18-4-9-23(29)10-5-18)16-21-14-20(6-11-24(21)34-27)26(33)30(13-12-25(31)32)17-19-2-7-22(28)8-3-19/h2-11,14H,12-13,15-17H2,1H3,(H,31,32). The molecule has 0 spiro atoms. The van der Waals surface area contributed by atoms with Gasteiger partial charge in [-0.1, -0.05) is 35.9 Å². The number of hydrogen-bond acceptors (Lipinski definition) is 3. The zero-order valence-corrected chi connectivity index (χ0v) is 19.5. The summed E-state index contributed by atoms with van der Waals surface area (Å²) in [6, 6.07) is 18.8. The van der Waals surface area contributed by atoms with Gasteiger partial charge in [-0.2, -0.15) is 0 Å². The van der Waals surface area contributed by atoms with Gasteiger partial charge in [0.1, 0.15) is 17.2 Å². The van der Waals surface area contributed by atoms with Crippen LogP contribution in [0.3, 0.4) is 0 Å². The third-order valence-corrected chi connectivity index (χ3v) is 6.14. The second-order valence-electron chi connectivity index (χ2n) is 8.85. The zero-order valence-electron chi connectivity index (χ0n) is 18.8. The Labute approximate surface area is 202 Å². The van der Waals surface area contributed by atoms with E-state index in [0.29, 0.717) is 23.4 Å². The molecule has 1 unspecified atom stereocenters. The van der Waals surface area contributed by atoms with Crippen LogP contribution in [0.2, 0.25) is 5.02 Å². The van der Waals surface area contributed by atoms with Gasteiger partial charge in [-0.3, -0.25) is 9.59 Å². The fraction of sp³-hybridized carbons (Fsp3) is 0.259. The summed E-state index contributed by atoms with van der Waals surface area (Å²) in [6.07, 6.45) is 1.06. The molecule has 0 saturated heterocycles. The highest BCUT2D eigenvalue weighted by Gasteiger charge is 2.35. The van der Waals surface area contributed by atoms with Crippen LogP contribution >= 0.6 is 11.6 Å². The van der Waals surface area contributed by atoms with Crippen LogP contribution in [-0.2, 0) is 24.2 Å². The summed E-state index contributed by atoms with van der Waals surface area (Å²) in [4.78, 5) is 26.0. The molecule has 0 radical (unpaired) electrons. The molecule has 4 rings (SSSR count). The van der Waals surface area contributed by atoms with E-state index in [1.54, 1.807) is 36.4 Å². The highest BCUT2D eigenvalue weighted by atomic mass is 35.5. The van der Waals surface area contributed by atoms with Crippen molar-refractivity contribution in [1.29, 1.82) is 0 Å². The minimum atomic E-state index is -0.965. The van der Waals surface area contributed by atoms with E-state index in [-0.39, 0.29) is 31.2 Å². The number of benzene rings is 3. The highest BCUT2D eigenvalue weighted by molar-refractivity contribution is 6.30. The van der Waals surface area contributed by atoms with Crippen LogP contribution in [0.15, 0.2) is 66.7 Å². The number of rotatable bonds is 8. The van der Waals surface area contributed by atoms with Crippen molar-refractivity contribution in [2.45, 2.75) is 38.3 Å². The molecule has 0 aliphatic carbocycles. The maximum Gasteiger partial charge on any atom is 0.305 e. The molecule has 1 heterocycles. The van der Waals surface area contributed by atoms with Crippen molar-refractivity contribution in [2.24, 2.45) is 0 Å². The van der Waals surface area contributed by atoms with E-state index in [4.69, 9.17) is 21.4 Å². The van der Waals surface area contributed by atoms with Crippen molar-refractivity contribution >= 4 is 23.5 Å². The van der Waals surface area contributed by atoms with Crippen LogP contribution < -0.4 is 4.74 Å². The molecule has 176 valence electrons. The second-order valence-corrected chi connectivity index (χ2v) is 9.29. The lowest BCUT2D eigenvalue weighted by atomic mass is 9.91. The summed E-state index contributed by atoms with van der Waals surface area (Å²) in [5, 5.41) is 9.74. The Hall–Kier alpha value is -3.38. The average molecular weight is 482 g/mol. The number of amides is 1. The van der Waals surface area contributed by atoms with E-state index in [1.807, 2.05) is 25.1 Å². The lowest BCUT2D eigenvalue weighted by molar-refractivity contribution is -0.137. The molecule has 0 fully saturated rings. The van der Waals surface area contributed by atoms with Crippen molar-refractivity contribution in [3.8, 4) is 5.75 Å². The Kier molecular flexibility index (Phi) is 6.89. The molecule has 1 amide bonds. The molecule has 7 heteroatoms. The van der Waals surface area contributed by atoms with Crippen molar-refractivity contribution < 1.29 is 23.8 Å². The SMILES string of the molecule is CC1(Cc2ccc(F)cc2)Cc2cc(C(=O)N(CCC(=O)O)Cc3ccc(Cl)cc3)ccc2O1. The summed E-state index contributed by atoms with van der Waals surface area (Å²) in [6.45, 7) is 2.36. The number of halogens is 2. The van der Waals surface area contributed by atoms with Crippen molar-refractivity contribution in [1.82, 2.24) is 4.90 Å². The quantitative estimate of drug-likeness (QED) is 0.459. The fourth-order valence-electron chi connectivity index (χ4n) is 4.26. The monoisotopic (exact) mass is 481 g/mol. The van der Waals surface area contributed by atoms with E-state index >= 15 is 0 Å². The molecule has 3 aromatic rings. The molecular formula is C27H25ClFNO4. The molecule has 0 aromatic heterocycles. The summed E-state index contributed by atoms with van der Waals surface area (Å²) in [5.74, 6) is -0.770. The Morgan fingerprint density at radius 1 is 1.06 bits per heavy atom. The number of carbonyl (C=O) groups is 2. The van der Waals surface area contributed by atoms with Gasteiger partial charge in [0.15, 0.2) is 0 Å². The van der Waals surface area contributed by atoms with Gasteiger partial charge in [0.2, 0.25) is 0 Å². The summed E-state index contributed by atoms with van der Waals surface area (Å²) in [5.41, 5.74) is 2.72. The number of hydrogen-bond donors (Lipinski definition) is 1. The van der Waals surface area contributed by atoms with E-state index < -0.39 is 11.6 Å². The van der Waals surface area contributed by atoms with Crippen LogP contribution in [0, 0.1) is 5.82 Å². The first kappa shape index (κ1) is 23.8. The van der Waals surface area contributed by atoms with Crippen molar-refractivity contribution in [3.05, 3.63) is 99.8 Å². The summed E-state index contributed by atoms with van der Waals surface area (Å²) < 4.78 is 19.4. The Bertz CT molecular complexity index is 1200. The van der Waals surface area contributed by atoms with E-state index in [0.717, 1.165) is 22.4 Å². The number of aliphatic carboxylic acids is 1. The number of carbonyl (C=O) groups excluding carboxylic acids is 1.